The summed E-state index contributed by atoms with van der Waals surface area (Å²) in [6, 6.07) is 0. The van der Waals surface area contributed by atoms with E-state index in [0.29, 0.717) is 14.2 Å². The fourth-order valence-corrected chi connectivity index (χ4v) is 3.75. The maximum Gasteiger partial charge on any atom is 0.679 e. The average Bonchev–Trinajstić information content (AvgIpc) is 2.74. The first-order chi connectivity index (χ1) is 16.1. The van der Waals surface area contributed by atoms with Crippen molar-refractivity contribution in [3.63, 3.8) is 0 Å². The molecule has 0 saturated carbocycles. The van der Waals surface area contributed by atoms with Gasteiger partial charge in [0.25, 0.3) is 0 Å². The summed E-state index contributed by atoms with van der Waals surface area (Å²) in [6.07, 6.45) is -12.2. The highest BCUT2D eigenvalue weighted by Gasteiger charge is 2.92. The third kappa shape index (κ3) is 6.37. The highest BCUT2D eigenvalue weighted by atomic mass is 28.4. The Balaban J connectivity index is 6.42. The fraction of sp³-hybridized carbons (Fsp3) is 1.00. The van der Waals surface area contributed by atoms with Crippen molar-refractivity contribution in [1.29, 1.82) is 0 Å². The molecule has 0 unspecified atom stereocenters. The molecule has 0 heterocycles. The standard InChI is InChI=1S/C15H17F17O4Si/c1-4-35-37(33-2,34-3)36-7-9(18,19)12(25,26)14(29,30)15(31,32)13(27,28)11(23,24)8(16,17)5-6-10(20,21)22/h4-7H2,1-3H3. The van der Waals surface area contributed by atoms with Gasteiger partial charge in [-0.1, -0.05) is 0 Å². The van der Waals surface area contributed by atoms with Gasteiger partial charge >= 0.3 is 56.7 Å². The lowest BCUT2D eigenvalue weighted by Gasteiger charge is -2.42. The molecule has 0 amide bonds. The van der Waals surface area contributed by atoms with Crippen LogP contribution >= 0.6 is 0 Å². The predicted molar refractivity (Wildman–Crippen MR) is 87.3 cm³/mol. The lowest BCUT2D eigenvalue weighted by molar-refractivity contribution is -0.443. The Bertz CT molecular complexity index is 751. The van der Waals surface area contributed by atoms with Gasteiger partial charge in [0.1, 0.15) is 6.61 Å². The van der Waals surface area contributed by atoms with Crippen molar-refractivity contribution in [2.45, 2.75) is 67.4 Å². The second-order valence-electron chi connectivity index (χ2n) is 7.03. The van der Waals surface area contributed by atoms with E-state index in [1.807, 2.05) is 0 Å². The average molecular weight is 612 g/mol. The molecule has 22 heteroatoms. The molecule has 0 aromatic rings. The molecule has 0 aromatic heterocycles. The summed E-state index contributed by atoms with van der Waals surface area (Å²) >= 11 is 0. The lowest BCUT2D eigenvalue weighted by Crippen LogP contribution is -2.73. The summed E-state index contributed by atoms with van der Waals surface area (Å²) in [6.45, 7) is -2.53. The molecule has 0 aliphatic heterocycles. The minimum absolute atomic E-state index is 0.534. The first-order valence-electron chi connectivity index (χ1n) is 9.19. The van der Waals surface area contributed by atoms with Crippen LogP contribution in [0.4, 0.5) is 74.6 Å². The Kier molecular flexibility index (Phi) is 10.5. The van der Waals surface area contributed by atoms with E-state index in [0.717, 1.165) is 6.92 Å². The second kappa shape index (κ2) is 10.8. The smallest absolute Gasteiger partial charge is 0.355 e. The topological polar surface area (TPSA) is 36.9 Å². The van der Waals surface area contributed by atoms with Crippen LogP contribution in [0.3, 0.4) is 0 Å². The number of rotatable bonds is 15. The Morgan fingerprint density at radius 3 is 1.16 bits per heavy atom. The summed E-state index contributed by atoms with van der Waals surface area (Å²) in [5.74, 6) is -54.2. The molecule has 0 radical (unpaired) electrons. The maximum absolute atomic E-state index is 13.9. The van der Waals surface area contributed by atoms with Gasteiger partial charge in [0.15, 0.2) is 0 Å². The van der Waals surface area contributed by atoms with Crippen LogP contribution in [0.2, 0.25) is 0 Å². The molecule has 0 bridgehead atoms. The molecule has 0 saturated heterocycles. The van der Waals surface area contributed by atoms with Crippen molar-refractivity contribution >= 4 is 9.05 Å². The first kappa shape index (κ1) is 35.9. The van der Waals surface area contributed by atoms with E-state index in [1.165, 1.54) is 0 Å². The molecule has 0 N–H and O–H groups in total. The lowest BCUT2D eigenvalue weighted by atomic mass is 9.88. The fourth-order valence-electron chi connectivity index (χ4n) is 2.31. The van der Waals surface area contributed by atoms with E-state index in [4.69, 9.17) is 0 Å². The molecule has 4 nitrogen and oxygen atoms in total. The Hall–Kier alpha value is -1.13. The van der Waals surface area contributed by atoms with Gasteiger partial charge in [0, 0.05) is 33.7 Å². The van der Waals surface area contributed by atoms with Crippen LogP contribution in [0.15, 0.2) is 0 Å². The van der Waals surface area contributed by atoms with Gasteiger partial charge < -0.3 is 17.7 Å². The van der Waals surface area contributed by atoms with Gasteiger partial charge in [0.05, 0.1) is 0 Å². The molecule has 0 fully saturated rings. The molecule has 0 atom stereocenters. The van der Waals surface area contributed by atoms with E-state index in [-0.39, 0.29) is 0 Å². The number of halogens is 17. The van der Waals surface area contributed by atoms with Gasteiger partial charge in [-0.15, -0.1) is 0 Å². The molecule has 37 heavy (non-hydrogen) atoms. The molecular weight excluding hydrogens is 595 g/mol. The monoisotopic (exact) mass is 612 g/mol. The van der Waals surface area contributed by atoms with E-state index in [2.05, 4.69) is 17.7 Å². The first-order valence-corrected chi connectivity index (χ1v) is 10.8. The molecule has 0 aliphatic rings. The van der Waals surface area contributed by atoms with Crippen molar-refractivity contribution in [3.8, 4) is 0 Å². The zero-order chi connectivity index (χ0) is 30.2. The third-order valence-electron chi connectivity index (χ3n) is 4.47. The predicted octanol–water partition coefficient (Wildman–Crippen LogP) is 6.56. The van der Waals surface area contributed by atoms with Crippen LogP contribution < -0.4 is 0 Å². The van der Waals surface area contributed by atoms with Gasteiger partial charge in [-0.3, -0.25) is 0 Å². The van der Waals surface area contributed by atoms with Crippen molar-refractivity contribution in [2.24, 2.45) is 0 Å². The van der Waals surface area contributed by atoms with Crippen LogP contribution in [0.25, 0.3) is 0 Å². The van der Waals surface area contributed by atoms with Crippen molar-refractivity contribution < 1.29 is 92.3 Å². The van der Waals surface area contributed by atoms with Crippen LogP contribution in [0.5, 0.6) is 0 Å². The maximum atomic E-state index is 13.9. The Morgan fingerprint density at radius 2 is 0.838 bits per heavy atom. The van der Waals surface area contributed by atoms with Crippen molar-refractivity contribution in [1.82, 2.24) is 0 Å². The largest absolute Gasteiger partial charge is 0.679 e. The summed E-state index contributed by atoms with van der Waals surface area (Å²) in [4.78, 5) is 0. The molecule has 0 aromatic carbocycles. The Morgan fingerprint density at radius 1 is 0.486 bits per heavy atom. The summed E-state index contributed by atoms with van der Waals surface area (Å²) in [5, 5.41) is 0. The second-order valence-corrected chi connectivity index (χ2v) is 9.42. The zero-order valence-corrected chi connectivity index (χ0v) is 19.4. The SMILES string of the molecule is CCO[Si](OC)(OC)OCC(F)(F)C(F)(F)C(F)(F)C(F)(F)C(F)(F)C(F)(F)C(F)(F)CCC(F)(F)F. The van der Waals surface area contributed by atoms with Gasteiger partial charge in [-0.2, -0.15) is 74.6 Å². The quantitative estimate of drug-likeness (QED) is 0.155. The summed E-state index contributed by atoms with van der Waals surface area (Å²) in [7, 11) is -3.68. The van der Waals surface area contributed by atoms with Crippen LogP contribution in [0, 0.1) is 0 Å². The number of alkyl halides is 17. The number of hydrogen-bond donors (Lipinski definition) is 0. The van der Waals surface area contributed by atoms with E-state index < -0.39 is 82.7 Å². The van der Waals surface area contributed by atoms with Gasteiger partial charge in [-0.25, -0.2) is 0 Å². The normalized spacial score (nSPS) is 15.9. The molecule has 0 spiro atoms. The summed E-state index contributed by atoms with van der Waals surface area (Å²) < 4.78 is 245. The minimum atomic E-state index is -8.42. The van der Waals surface area contributed by atoms with Crippen LogP contribution in [0.1, 0.15) is 19.8 Å². The van der Waals surface area contributed by atoms with Crippen LogP contribution in [-0.2, 0) is 17.7 Å². The van der Waals surface area contributed by atoms with E-state index >= 15 is 0 Å². The highest BCUT2D eigenvalue weighted by molar-refractivity contribution is 6.53. The Labute approximate surface area is 197 Å². The molecule has 0 rings (SSSR count). The van der Waals surface area contributed by atoms with Crippen molar-refractivity contribution in [2.75, 3.05) is 27.4 Å². The van der Waals surface area contributed by atoms with E-state index in [9.17, 15) is 74.6 Å². The number of hydrogen-bond acceptors (Lipinski definition) is 4. The van der Waals surface area contributed by atoms with Crippen LogP contribution in [-0.4, -0.2) is 84.1 Å². The molecule has 224 valence electrons. The third-order valence-corrected chi connectivity index (χ3v) is 6.61. The zero-order valence-electron chi connectivity index (χ0n) is 18.4. The van der Waals surface area contributed by atoms with Gasteiger partial charge in [-0.05, 0) is 6.92 Å². The minimum Gasteiger partial charge on any atom is -0.355 e. The molecule has 0 aliphatic carbocycles. The van der Waals surface area contributed by atoms with Crippen molar-refractivity contribution in [3.05, 3.63) is 0 Å². The summed E-state index contributed by atoms with van der Waals surface area (Å²) in [5.41, 5.74) is 0. The highest BCUT2D eigenvalue weighted by Crippen LogP contribution is 2.62. The van der Waals surface area contributed by atoms with Gasteiger partial charge in [0.2, 0.25) is 0 Å². The molecular formula is C15H17F17O4Si. The van der Waals surface area contributed by atoms with E-state index in [1.54, 1.807) is 0 Å².